The average Bonchev–Trinajstić information content (AvgIpc) is 2.76. The van der Waals surface area contributed by atoms with Crippen molar-refractivity contribution in [3.63, 3.8) is 0 Å². The molecular weight excluding hydrogens is 197 g/mol. The first kappa shape index (κ1) is 8.85. The molecule has 2 aliphatic rings. The van der Waals surface area contributed by atoms with Crippen LogP contribution in [0.25, 0.3) is 0 Å². The molecule has 1 aromatic rings. The Morgan fingerprint density at radius 2 is 2.33 bits per heavy atom. The van der Waals surface area contributed by atoms with Crippen LogP contribution in [0.4, 0.5) is 4.39 Å². The number of esters is 1. The highest BCUT2D eigenvalue weighted by Gasteiger charge is 2.47. The van der Waals surface area contributed by atoms with Crippen molar-refractivity contribution >= 4 is 5.97 Å². The summed E-state index contributed by atoms with van der Waals surface area (Å²) >= 11 is 0. The Kier molecular flexibility index (Phi) is 1.65. The normalized spacial score (nSPS) is 28.2. The van der Waals surface area contributed by atoms with Crippen molar-refractivity contribution in [1.82, 2.24) is 5.32 Å². The van der Waals surface area contributed by atoms with Gasteiger partial charge in [0.15, 0.2) is 5.60 Å². The summed E-state index contributed by atoms with van der Waals surface area (Å²) in [7, 11) is 0. The number of halogens is 1. The third-order valence-corrected chi connectivity index (χ3v) is 3.10. The SMILES string of the molecule is O=C1OC2(CCNC2)c2cc(F)ccc21. The first-order chi connectivity index (χ1) is 7.21. The minimum Gasteiger partial charge on any atom is -0.449 e. The van der Waals surface area contributed by atoms with Gasteiger partial charge in [0.1, 0.15) is 5.82 Å². The van der Waals surface area contributed by atoms with E-state index >= 15 is 0 Å². The molecule has 1 saturated heterocycles. The van der Waals surface area contributed by atoms with Gasteiger partial charge in [-0.2, -0.15) is 0 Å². The Morgan fingerprint density at radius 3 is 3.07 bits per heavy atom. The summed E-state index contributed by atoms with van der Waals surface area (Å²) in [5, 5.41) is 3.14. The van der Waals surface area contributed by atoms with Gasteiger partial charge in [-0.25, -0.2) is 9.18 Å². The number of carbonyl (C=O) groups excluding carboxylic acids is 1. The van der Waals surface area contributed by atoms with Crippen LogP contribution in [0.1, 0.15) is 22.3 Å². The van der Waals surface area contributed by atoms with Crippen molar-refractivity contribution in [3.8, 4) is 0 Å². The first-order valence-electron chi connectivity index (χ1n) is 4.95. The molecule has 1 fully saturated rings. The zero-order valence-electron chi connectivity index (χ0n) is 8.05. The minimum absolute atomic E-state index is 0.321. The number of rotatable bonds is 0. The van der Waals surface area contributed by atoms with E-state index in [9.17, 15) is 9.18 Å². The van der Waals surface area contributed by atoms with Crippen molar-refractivity contribution in [2.75, 3.05) is 13.1 Å². The fourth-order valence-corrected chi connectivity index (χ4v) is 2.34. The summed E-state index contributed by atoms with van der Waals surface area (Å²) in [6.07, 6.45) is 0.717. The molecule has 4 heteroatoms. The average molecular weight is 207 g/mol. The van der Waals surface area contributed by atoms with Crippen LogP contribution in [0.3, 0.4) is 0 Å². The van der Waals surface area contributed by atoms with E-state index < -0.39 is 5.60 Å². The van der Waals surface area contributed by atoms with Gasteiger partial charge in [-0.3, -0.25) is 0 Å². The van der Waals surface area contributed by atoms with Gasteiger partial charge in [0, 0.05) is 18.5 Å². The summed E-state index contributed by atoms with van der Waals surface area (Å²) in [4.78, 5) is 11.6. The molecular formula is C11H10FNO2. The predicted molar refractivity (Wildman–Crippen MR) is 51.0 cm³/mol. The molecule has 1 atom stereocenters. The molecule has 78 valence electrons. The maximum absolute atomic E-state index is 13.1. The second kappa shape index (κ2) is 2.79. The molecule has 0 amide bonds. The fourth-order valence-electron chi connectivity index (χ4n) is 2.34. The van der Waals surface area contributed by atoms with Crippen LogP contribution in [0.5, 0.6) is 0 Å². The second-order valence-electron chi connectivity index (χ2n) is 4.00. The Bertz CT molecular complexity index is 438. The topological polar surface area (TPSA) is 38.3 Å². The van der Waals surface area contributed by atoms with Gasteiger partial charge in [-0.15, -0.1) is 0 Å². The molecule has 15 heavy (non-hydrogen) atoms. The van der Waals surface area contributed by atoms with Gasteiger partial charge in [0.2, 0.25) is 0 Å². The number of carbonyl (C=O) groups is 1. The number of nitrogens with one attached hydrogen (secondary N) is 1. The highest BCUT2D eigenvalue weighted by Crippen LogP contribution is 2.40. The van der Waals surface area contributed by atoms with Crippen molar-refractivity contribution in [1.29, 1.82) is 0 Å². The summed E-state index contributed by atoms with van der Waals surface area (Å²) in [6.45, 7) is 1.37. The fraction of sp³-hybridized carbons (Fsp3) is 0.364. The molecule has 1 spiro atoms. The lowest BCUT2D eigenvalue weighted by molar-refractivity contribution is 0.00157. The molecule has 3 nitrogen and oxygen atoms in total. The molecule has 0 saturated carbocycles. The standard InChI is InChI=1S/C11H10FNO2/c12-7-1-2-8-9(5-7)11(15-10(8)14)3-4-13-6-11/h1-2,5,13H,3-4,6H2. The molecule has 1 unspecified atom stereocenters. The van der Waals surface area contributed by atoms with Gasteiger partial charge < -0.3 is 10.1 Å². The highest BCUT2D eigenvalue weighted by atomic mass is 19.1. The van der Waals surface area contributed by atoms with E-state index in [-0.39, 0.29) is 11.8 Å². The Hall–Kier alpha value is -1.42. The summed E-state index contributed by atoms with van der Waals surface area (Å²) < 4.78 is 18.5. The maximum atomic E-state index is 13.1. The summed E-state index contributed by atoms with van der Waals surface area (Å²) in [6, 6.07) is 4.20. The molecule has 2 heterocycles. The van der Waals surface area contributed by atoms with E-state index in [0.29, 0.717) is 17.7 Å². The third kappa shape index (κ3) is 1.11. The van der Waals surface area contributed by atoms with E-state index in [1.165, 1.54) is 18.2 Å². The number of hydrogen-bond acceptors (Lipinski definition) is 3. The molecule has 1 aromatic carbocycles. The first-order valence-corrected chi connectivity index (χ1v) is 4.95. The van der Waals surface area contributed by atoms with E-state index in [1.54, 1.807) is 0 Å². The molecule has 3 rings (SSSR count). The number of hydrogen-bond donors (Lipinski definition) is 1. The Morgan fingerprint density at radius 1 is 1.47 bits per heavy atom. The van der Waals surface area contributed by atoms with Crippen LogP contribution < -0.4 is 5.32 Å². The number of fused-ring (bicyclic) bond motifs is 2. The van der Waals surface area contributed by atoms with Gasteiger partial charge in [0.05, 0.1) is 5.56 Å². The van der Waals surface area contributed by atoms with E-state index in [1.807, 2.05) is 0 Å². The predicted octanol–water partition coefficient (Wildman–Crippen LogP) is 1.18. The van der Waals surface area contributed by atoms with E-state index in [2.05, 4.69) is 5.32 Å². The van der Waals surface area contributed by atoms with Gasteiger partial charge >= 0.3 is 5.97 Å². The van der Waals surface area contributed by atoms with Gasteiger partial charge in [0.25, 0.3) is 0 Å². The molecule has 0 aromatic heterocycles. The quantitative estimate of drug-likeness (QED) is 0.649. The van der Waals surface area contributed by atoms with E-state index in [0.717, 1.165) is 13.0 Å². The van der Waals surface area contributed by atoms with Crippen LogP contribution in [-0.4, -0.2) is 19.1 Å². The highest BCUT2D eigenvalue weighted by molar-refractivity contribution is 5.94. The van der Waals surface area contributed by atoms with Gasteiger partial charge in [-0.05, 0) is 24.7 Å². The smallest absolute Gasteiger partial charge is 0.339 e. The molecule has 0 bridgehead atoms. The Balaban J connectivity index is 2.19. The Labute approximate surface area is 86.2 Å². The van der Waals surface area contributed by atoms with Gasteiger partial charge in [-0.1, -0.05) is 0 Å². The summed E-state index contributed by atoms with van der Waals surface area (Å²) in [5.74, 6) is -0.660. The molecule has 2 aliphatic heterocycles. The monoisotopic (exact) mass is 207 g/mol. The van der Waals surface area contributed by atoms with Crippen LogP contribution >= 0.6 is 0 Å². The zero-order chi connectivity index (χ0) is 10.5. The van der Waals surface area contributed by atoms with Crippen molar-refractivity contribution in [2.45, 2.75) is 12.0 Å². The lowest BCUT2D eigenvalue weighted by atomic mass is 9.91. The maximum Gasteiger partial charge on any atom is 0.339 e. The van der Waals surface area contributed by atoms with E-state index in [4.69, 9.17) is 4.74 Å². The second-order valence-corrected chi connectivity index (χ2v) is 4.00. The molecule has 0 radical (unpaired) electrons. The van der Waals surface area contributed by atoms with Crippen LogP contribution in [0.2, 0.25) is 0 Å². The van der Waals surface area contributed by atoms with Crippen molar-refractivity contribution in [2.24, 2.45) is 0 Å². The lowest BCUT2D eigenvalue weighted by Gasteiger charge is -2.21. The van der Waals surface area contributed by atoms with Crippen LogP contribution in [0.15, 0.2) is 18.2 Å². The minimum atomic E-state index is -0.617. The van der Waals surface area contributed by atoms with Crippen LogP contribution in [-0.2, 0) is 10.3 Å². The zero-order valence-corrected chi connectivity index (χ0v) is 8.05. The van der Waals surface area contributed by atoms with Crippen LogP contribution in [0, 0.1) is 5.82 Å². The molecule has 1 N–H and O–H groups in total. The number of benzene rings is 1. The molecule has 0 aliphatic carbocycles. The summed E-state index contributed by atoms with van der Waals surface area (Å²) in [5.41, 5.74) is 0.576. The lowest BCUT2D eigenvalue weighted by Crippen LogP contribution is -2.28. The van der Waals surface area contributed by atoms with Crippen molar-refractivity contribution < 1.29 is 13.9 Å². The van der Waals surface area contributed by atoms with Crippen molar-refractivity contribution in [3.05, 3.63) is 35.1 Å². The largest absolute Gasteiger partial charge is 0.449 e. The number of ether oxygens (including phenoxy) is 1. The third-order valence-electron chi connectivity index (χ3n) is 3.10.